The van der Waals surface area contributed by atoms with Crippen LogP contribution in [0.4, 0.5) is 18.9 Å². The summed E-state index contributed by atoms with van der Waals surface area (Å²) in [4.78, 5) is 11.1. The molecule has 0 bridgehead atoms. The molecule has 3 nitrogen and oxygen atoms in total. The van der Waals surface area contributed by atoms with Gasteiger partial charge in [0, 0.05) is 11.6 Å². The summed E-state index contributed by atoms with van der Waals surface area (Å²) in [6.07, 6.45) is 0.0933. The number of rotatable bonds is 2. The van der Waals surface area contributed by atoms with E-state index in [1.165, 1.54) is 18.2 Å². The van der Waals surface area contributed by atoms with E-state index in [4.69, 9.17) is 0 Å². The van der Waals surface area contributed by atoms with Crippen molar-refractivity contribution in [2.75, 3.05) is 5.32 Å². The number of carbonyl (C=O) groups excluding carboxylic acids is 1. The van der Waals surface area contributed by atoms with Crippen LogP contribution in [0.5, 0.6) is 0 Å². The van der Waals surface area contributed by atoms with E-state index in [1.54, 1.807) is 18.2 Å². The first-order valence-corrected chi connectivity index (χ1v) is 8.31. The molecule has 6 heteroatoms. The van der Waals surface area contributed by atoms with Gasteiger partial charge in [0.1, 0.15) is 0 Å². The minimum atomic E-state index is -4.43. The minimum absolute atomic E-state index is 0.0683. The maximum Gasteiger partial charge on any atom is 0.416 e. The van der Waals surface area contributed by atoms with Crippen molar-refractivity contribution >= 4 is 11.7 Å². The van der Waals surface area contributed by atoms with Gasteiger partial charge in [0.05, 0.1) is 17.6 Å². The van der Waals surface area contributed by atoms with Gasteiger partial charge >= 0.3 is 6.18 Å². The Bertz CT molecular complexity index is 904. The predicted molar refractivity (Wildman–Crippen MR) is 88.6 cm³/mol. The van der Waals surface area contributed by atoms with Gasteiger partial charge in [-0.1, -0.05) is 36.4 Å². The number of halogens is 3. The number of nitrogens with one attached hydrogen (secondary N) is 1. The Morgan fingerprint density at radius 3 is 2.62 bits per heavy atom. The Balaban J connectivity index is 1.81. The van der Waals surface area contributed by atoms with Crippen LogP contribution in [0.2, 0.25) is 0 Å². The van der Waals surface area contributed by atoms with Gasteiger partial charge in [-0.25, -0.2) is 0 Å². The van der Waals surface area contributed by atoms with E-state index in [0.717, 1.165) is 11.6 Å². The molecular formula is C20H15F3NO2-. The molecule has 26 heavy (non-hydrogen) atoms. The first-order valence-electron chi connectivity index (χ1n) is 8.31. The zero-order chi connectivity index (χ0) is 18.5. The number of hydrogen-bond donors (Lipinski definition) is 1. The van der Waals surface area contributed by atoms with Gasteiger partial charge < -0.3 is 15.2 Å². The quantitative estimate of drug-likeness (QED) is 0.829. The molecule has 1 aliphatic heterocycles. The molecule has 134 valence electrons. The lowest BCUT2D eigenvalue weighted by molar-refractivity contribution is -0.255. The van der Waals surface area contributed by atoms with Crippen LogP contribution in [0.25, 0.3) is 0 Å². The molecule has 1 heterocycles. The van der Waals surface area contributed by atoms with E-state index in [-0.39, 0.29) is 23.0 Å². The number of carboxylic acids is 1. The summed E-state index contributed by atoms with van der Waals surface area (Å²) in [5, 5.41) is 14.4. The highest BCUT2D eigenvalue weighted by Gasteiger charge is 2.42. The van der Waals surface area contributed by atoms with E-state index < -0.39 is 23.8 Å². The molecule has 0 unspecified atom stereocenters. The standard InChI is InChI=1S/C20H16F3NO2/c21-20(22,23)16-7-2-1-4-14(16)18-13-6-3-5-12(13)15-10-11(19(25)26)8-9-17(15)24-18/h1-5,7-10,12-13,18,24H,6H2,(H,25,26)/p-1/t12-,13-,18+/m0/s1. The van der Waals surface area contributed by atoms with Crippen LogP contribution in [0, 0.1) is 5.92 Å². The fourth-order valence-electron chi connectivity index (χ4n) is 4.06. The van der Waals surface area contributed by atoms with Crippen molar-refractivity contribution in [2.24, 2.45) is 5.92 Å². The normalized spacial score (nSPS) is 23.9. The molecule has 0 radical (unpaired) electrons. The van der Waals surface area contributed by atoms with Crippen LogP contribution in [0.15, 0.2) is 54.6 Å². The summed E-state index contributed by atoms with van der Waals surface area (Å²) in [6, 6.07) is 9.67. The number of allylic oxidation sites excluding steroid dienone is 2. The number of anilines is 1. The summed E-state index contributed by atoms with van der Waals surface area (Å²) in [5.41, 5.74) is 1.08. The molecule has 4 rings (SSSR count). The summed E-state index contributed by atoms with van der Waals surface area (Å²) in [6.45, 7) is 0. The van der Waals surface area contributed by atoms with Crippen LogP contribution in [-0.2, 0) is 6.18 Å². The maximum atomic E-state index is 13.5. The Morgan fingerprint density at radius 1 is 1.12 bits per heavy atom. The summed E-state index contributed by atoms with van der Waals surface area (Å²) < 4.78 is 40.4. The zero-order valence-corrected chi connectivity index (χ0v) is 13.6. The molecule has 2 aromatic rings. The topological polar surface area (TPSA) is 52.2 Å². The smallest absolute Gasteiger partial charge is 0.416 e. The largest absolute Gasteiger partial charge is 0.545 e. The first kappa shape index (κ1) is 16.7. The maximum absolute atomic E-state index is 13.5. The lowest BCUT2D eigenvalue weighted by Gasteiger charge is -2.38. The highest BCUT2D eigenvalue weighted by molar-refractivity contribution is 5.87. The van der Waals surface area contributed by atoms with Crippen molar-refractivity contribution < 1.29 is 23.1 Å². The second kappa shape index (κ2) is 5.90. The molecule has 2 aromatic carbocycles. The summed E-state index contributed by atoms with van der Waals surface area (Å²) >= 11 is 0. The molecule has 0 fully saturated rings. The molecule has 1 aliphatic carbocycles. The van der Waals surface area contributed by atoms with Crippen molar-refractivity contribution in [1.29, 1.82) is 0 Å². The van der Waals surface area contributed by atoms with Gasteiger partial charge in [-0.05, 0) is 47.2 Å². The number of benzene rings is 2. The number of alkyl halides is 3. The lowest BCUT2D eigenvalue weighted by atomic mass is 9.75. The molecule has 0 spiro atoms. The van der Waals surface area contributed by atoms with Gasteiger partial charge in [-0.15, -0.1) is 0 Å². The van der Waals surface area contributed by atoms with Gasteiger partial charge in [0.2, 0.25) is 0 Å². The Labute approximate surface area is 148 Å². The van der Waals surface area contributed by atoms with E-state index >= 15 is 0 Å². The highest BCUT2D eigenvalue weighted by atomic mass is 19.4. The average molecular weight is 358 g/mol. The third-order valence-corrected chi connectivity index (χ3v) is 5.20. The highest BCUT2D eigenvalue weighted by Crippen LogP contribution is 2.51. The van der Waals surface area contributed by atoms with Crippen molar-refractivity contribution in [1.82, 2.24) is 0 Å². The number of hydrogen-bond acceptors (Lipinski definition) is 3. The molecule has 3 atom stereocenters. The van der Waals surface area contributed by atoms with E-state index in [0.29, 0.717) is 12.1 Å². The van der Waals surface area contributed by atoms with Crippen LogP contribution < -0.4 is 10.4 Å². The van der Waals surface area contributed by atoms with E-state index in [2.05, 4.69) is 5.32 Å². The average Bonchev–Trinajstić information content (AvgIpc) is 3.10. The van der Waals surface area contributed by atoms with Crippen molar-refractivity contribution in [3.05, 3.63) is 76.9 Å². The zero-order valence-electron chi connectivity index (χ0n) is 13.6. The molecular weight excluding hydrogens is 343 g/mol. The Morgan fingerprint density at radius 2 is 1.88 bits per heavy atom. The second-order valence-electron chi connectivity index (χ2n) is 6.65. The molecule has 0 amide bonds. The van der Waals surface area contributed by atoms with Crippen LogP contribution in [-0.4, -0.2) is 5.97 Å². The Kier molecular flexibility index (Phi) is 3.79. The van der Waals surface area contributed by atoms with Gasteiger partial charge in [0.15, 0.2) is 0 Å². The van der Waals surface area contributed by atoms with Crippen LogP contribution in [0.3, 0.4) is 0 Å². The van der Waals surface area contributed by atoms with E-state index in [1.807, 2.05) is 12.2 Å². The monoisotopic (exact) mass is 358 g/mol. The third kappa shape index (κ3) is 2.66. The van der Waals surface area contributed by atoms with Crippen LogP contribution >= 0.6 is 0 Å². The van der Waals surface area contributed by atoms with E-state index in [9.17, 15) is 23.1 Å². The predicted octanol–water partition coefficient (Wildman–Crippen LogP) is 3.90. The first-order chi connectivity index (χ1) is 12.4. The molecule has 0 saturated carbocycles. The number of carboxylic acid groups (broad SMARTS) is 1. The SMILES string of the molecule is O=C([O-])c1ccc2c(c1)[C@H]1C=CC[C@@H]1[C@H](c1ccccc1C(F)(F)F)N2. The lowest BCUT2D eigenvalue weighted by Crippen LogP contribution is -2.31. The molecule has 0 saturated heterocycles. The van der Waals surface area contributed by atoms with Crippen molar-refractivity contribution in [3.8, 4) is 0 Å². The molecule has 0 aromatic heterocycles. The van der Waals surface area contributed by atoms with Gasteiger partial charge in [-0.3, -0.25) is 0 Å². The Hall–Kier alpha value is -2.76. The third-order valence-electron chi connectivity index (χ3n) is 5.20. The number of fused-ring (bicyclic) bond motifs is 3. The fourth-order valence-corrected chi connectivity index (χ4v) is 4.06. The molecule has 1 N–H and O–H groups in total. The van der Waals surface area contributed by atoms with Gasteiger partial charge in [0.25, 0.3) is 0 Å². The minimum Gasteiger partial charge on any atom is -0.545 e. The molecule has 2 aliphatic rings. The van der Waals surface area contributed by atoms with Crippen molar-refractivity contribution in [3.63, 3.8) is 0 Å². The fraction of sp³-hybridized carbons (Fsp3) is 0.250. The summed E-state index contributed by atoms with van der Waals surface area (Å²) in [7, 11) is 0. The van der Waals surface area contributed by atoms with Gasteiger partial charge in [-0.2, -0.15) is 13.2 Å². The van der Waals surface area contributed by atoms with Crippen LogP contribution in [0.1, 0.15) is 45.4 Å². The second-order valence-corrected chi connectivity index (χ2v) is 6.65. The van der Waals surface area contributed by atoms with Crippen molar-refractivity contribution in [2.45, 2.75) is 24.6 Å². The number of carbonyl (C=O) groups is 1. The summed E-state index contributed by atoms with van der Waals surface area (Å²) in [5.74, 6) is -1.50. The number of aromatic carboxylic acids is 1.